The third-order valence-electron chi connectivity index (χ3n) is 3.83. The molecule has 2 heterocycles. The molecule has 2 rings (SSSR count). The van der Waals surface area contributed by atoms with Gasteiger partial charge in [0, 0.05) is 13.1 Å². The van der Waals surface area contributed by atoms with Crippen molar-refractivity contribution in [3.63, 3.8) is 0 Å². The molecule has 0 saturated carbocycles. The summed E-state index contributed by atoms with van der Waals surface area (Å²) in [6, 6.07) is -0.619. The Morgan fingerprint density at radius 2 is 2.14 bits per heavy atom. The molecule has 3 amide bonds. The summed E-state index contributed by atoms with van der Waals surface area (Å²) < 4.78 is 5.28. The Labute approximate surface area is 123 Å². The molecule has 2 aliphatic rings. The summed E-state index contributed by atoms with van der Waals surface area (Å²) in [4.78, 5) is 37.9. The number of carbonyl (C=O) groups is 3. The van der Waals surface area contributed by atoms with E-state index in [1.807, 2.05) is 6.92 Å². The molecule has 2 saturated heterocycles. The van der Waals surface area contributed by atoms with Gasteiger partial charge in [-0.25, -0.2) is 9.59 Å². The van der Waals surface area contributed by atoms with Gasteiger partial charge in [0.05, 0.1) is 13.1 Å². The first-order valence-corrected chi connectivity index (χ1v) is 7.05. The minimum absolute atomic E-state index is 0.123. The molecule has 0 aromatic heterocycles. The Hall–Kier alpha value is -1.83. The number of nitrogens with zero attached hydrogens (tertiary/aromatic N) is 2. The lowest BCUT2D eigenvalue weighted by atomic mass is 9.96. The van der Waals surface area contributed by atoms with Gasteiger partial charge in [-0.1, -0.05) is 6.92 Å². The lowest BCUT2D eigenvalue weighted by Crippen LogP contribution is -2.68. The highest BCUT2D eigenvalue weighted by Gasteiger charge is 2.46. The Kier molecular flexibility index (Phi) is 4.36. The molecule has 0 radical (unpaired) electrons. The monoisotopic (exact) mass is 299 g/mol. The summed E-state index contributed by atoms with van der Waals surface area (Å²) in [7, 11) is 0. The van der Waals surface area contributed by atoms with Crippen LogP contribution in [-0.2, 0) is 14.3 Å². The van der Waals surface area contributed by atoms with Gasteiger partial charge in [-0.05, 0) is 13.3 Å². The average Bonchev–Trinajstić information content (AvgIpc) is 2.41. The van der Waals surface area contributed by atoms with Gasteiger partial charge in [-0.3, -0.25) is 4.79 Å². The number of rotatable bonds is 4. The van der Waals surface area contributed by atoms with Gasteiger partial charge in [0.1, 0.15) is 18.2 Å². The first-order valence-electron chi connectivity index (χ1n) is 7.05. The summed E-state index contributed by atoms with van der Waals surface area (Å²) in [5, 5.41) is 11.4. The van der Waals surface area contributed by atoms with Crippen LogP contribution in [0.5, 0.6) is 0 Å². The van der Waals surface area contributed by atoms with Gasteiger partial charge in [0.15, 0.2) is 0 Å². The zero-order valence-electron chi connectivity index (χ0n) is 12.3. The number of nitrogens with one attached hydrogen (secondary N) is 1. The van der Waals surface area contributed by atoms with Gasteiger partial charge < -0.3 is 25.0 Å². The largest absolute Gasteiger partial charge is 0.480 e. The number of urea groups is 1. The molecule has 2 aliphatic heterocycles. The Morgan fingerprint density at radius 1 is 1.48 bits per heavy atom. The SMILES string of the molecule is CCC1C(=O)NCCN1C(=O)N1CC(C)(OCC(=O)O)C1. The van der Waals surface area contributed by atoms with Crippen LogP contribution in [0.25, 0.3) is 0 Å². The van der Waals surface area contributed by atoms with Crippen molar-refractivity contribution in [2.24, 2.45) is 0 Å². The van der Waals surface area contributed by atoms with Crippen LogP contribution in [0.2, 0.25) is 0 Å². The van der Waals surface area contributed by atoms with Crippen LogP contribution in [0.4, 0.5) is 4.79 Å². The lowest BCUT2D eigenvalue weighted by molar-refractivity contribution is -0.160. The van der Waals surface area contributed by atoms with Crippen molar-refractivity contribution < 1.29 is 24.2 Å². The summed E-state index contributed by atoms with van der Waals surface area (Å²) in [6.07, 6.45) is 0.568. The van der Waals surface area contributed by atoms with E-state index in [4.69, 9.17) is 9.84 Å². The number of ether oxygens (including phenoxy) is 1. The predicted molar refractivity (Wildman–Crippen MR) is 72.8 cm³/mol. The maximum Gasteiger partial charge on any atom is 0.329 e. The number of likely N-dealkylation sites (tertiary alicyclic amines) is 1. The van der Waals surface area contributed by atoms with Crippen LogP contribution in [0.15, 0.2) is 0 Å². The molecule has 118 valence electrons. The fourth-order valence-electron chi connectivity index (χ4n) is 2.75. The smallest absolute Gasteiger partial charge is 0.329 e. The van der Waals surface area contributed by atoms with Crippen LogP contribution < -0.4 is 5.32 Å². The second-order valence-corrected chi connectivity index (χ2v) is 5.68. The van der Waals surface area contributed by atoms with Crippen molar-refractivity contribution in [1.82, 2.24) is 15.1 Å². The first kappa shape index (κ1) is 15.6. The van der Waals surface area contributed by atoms with Crippen molar-refractivity contribution in [3.05, 3.63) is 0 Å². The van der Waals surface area contributed by atoms with Gasteiger partial charge in [-0.2, -0.15) is 0 Å². The van der Waals surface area contributed by atoms with Crippen LogP contribution >= 0.6 is 0 Å². The number of amides is 3. The molecule has 8 heteroatoms. The van der Waals surface area contributed by atoms with E-state index in [1.54, 1.807) is 16.7 Å². The molecule has 2 fully saturated rings. The van der Waals surface area contributed by atoms with Crippen molar-refractivity contribution in [2.45, 2.75) is 31.9 Å². The molecule has 0 spiro atoms. The first-order chi connectivity index (χ1) is 9.86. The maximum absolute atomic E-state index is 12.4. The number of aliphatic carboxylic acids is 1. The lowest BCUT2D eigenvalue weighted by Gasteiger charge is -2.49. The predicted octanol–water partition coefficient (Wildman–Crippen LogP) is -0.508. The molecule has 0 aliphatic carbocycles. The second kappa shape index (κ2) is 5.88. The fraction of sp³-hybridized carbons (Fsp3) is 0.769. The molecular weight excluding hydrogens is 278 g/mol. The number of carboxylic acid groups (broad SMARTS) is 1. The Balaban J connectivity index is 1.90. The molecule has 1 atom stereocenters. The number of carboxylic acids is 1. The summed E-state index contributed by atoms with van der Waals surface area (Å²) in [6.45, 7) is 4.91. The van der Waals surface area contributed by atoms with Crippen LogP contribution in [0.3, 0.4) is 0 Å². The molecule has 2 N–H and O–H groups in total. The maximum atomic E-state index is 12.4. The molecular formula is C13H21N3O5. The van der Waals surface area contributed by atoms with Crippen LogP contribution in [0.1, 0.15) is 20.3 Å². The molecule has 21 heavy (non-hydrogen) atoms. The van der Waals surface area contributed by atoms with E-state index in [0.717, 1.165) is 0 Å². The van der Waals surface area contributed by atoms with Gasteiger partial charge >= 0.3 is 12.0 Å². The van der Waals surface area contributed by atoms with E-state index in [2.05, 4.69) is 5.32 Å². The summed E-state index contributed by atoms with van der Waals surface area (Å²) >= 11 is 0. The van der Waals surface area contributed by atoms with E-state index in [1.165, 1.54) is 0 Å². The minimum Gasteiger partial charge on any atom is -0.480 e. The average molecular weight is 299 g/mol. The highest BCUT2D eigenvalue weighted by molar-refractivity contribution is 5.88. The quantitative estimate of drug-likeness (QED) is 0.728. The van der Waals surface area contributed by atoms with Crippen molar-refractivity contribution >= 4 is 17.9 Å². The third-order valence-corrected chi connectivity index (χ3v) is 3.83. The normalized spacial score (nSPS) is 24.3. The molecule has 0 aromatic carbocycles. The standard InChI is InChI=1S/C13H21N3O5/c1-3-9-11(19)14-4-5-16(9)12(20)15-7-13(2,8-15)21-6-10(17)18/h9H,3-8H2,1-2H3,(H,14,19)(H,17,18). The molecule has 1 unspecified atom stereocenters. The topological polar surface area (TPSA) is 99.2 Å². The number of carbonyl (C=O) groups excluding carboxylic acids is 2. The third kappa shape index (κ3) is 3.26. The molecule has 0 aromatic rings. The summed E-state index contributed by atoms with van der Waals surface area (Å²) in [5.41, 5.74) is -0.617. The Morgan fingerprint density at radius 3 is 2.71 bits per heavy atom. The Bertz CT molecular complexity index is 447. The van der Waals surface area contributed by atoms with Gasteiger partial charge in [0.2, 0.25) is 5.91 Å². The number of piperazine rings is 1. The number of hydrogen-bond acceptors (Lipinski definition) is 4. The van der Waals surface area contributed by atoms with Crippen LogP contribution in [-0.4, -0.2) is 77.2 Å². The zero-order chi connectivity index (χ0) is 15.6. The van der Waals surface area contributed by atoms with E-state index < -0.39 is 17.6 Å². The minimum atomic E-state index is -1.03. The number of hydrogen-bond donors (Lipinski definition) is 2. The second-order valence-electron chi connectivity index (χ2n) is 5.68. The van der Waals surface area contributed by atoms with Crippen molar-refractivity contribution in [3.8, 4) is 0 Å². The zero-order valence-corrected chi connectivity index (χ0v) is 12.3. The van der Waals surface area contributed by atoms with E-state index >= 15 is 0 Å². The van der Waals surface area contributed by atoms with Crippen LogP contribution in [0, 0.1) is 0 Å². The highest BCUT2D eigenvalue weighted by Crippen LogP contribution is 2.26. The fourth-order valence-corrected chi connectivity index (χ4v) is 2.75. The van der Waals surface area contributed by atoms with Gasteiger partial charge in [0.25, 0.3) is 0 Å². The molecule has 0 bridgehead atoms. The summed E-state index contributed by atoms with van der Waals surface area (Å²) in [5.74, 6) is -1.15. The van der Waals surface area contributed by atoms with Crippen molar-refractivity contribution in [2.75, 3.05) is 32.8 Å². The van der Waals surface area contributed by atoms with Gasteiger partial charge in [-0.15, -0.1) is 0 Å². The molecule has 8 nitrogen and oxygen atoms in total. The van der Waals surface area contributed by atoms with E-state index in [-0.39, 0.29) is 18.5 Å². The van der Waals surface area contributed by atoms with Crippen molar-refractivity contribution in [1.29, 1.82) is 0 Å². The van der Waals surface area contributed by atoms with E-state index in [0.29, 0.717) is 32.6 Å². The van der Waals surface area contributed by atoms with E-state index in [9.17, 15) is 14.4 Å². The highest BCUT2D eigenvalue weighted by atomic mass is 16.5.